The summed E-state index contributed by atoms with van der Waals surface area (Å²) in [5, 5.41) is -0.285. The van der Waals surface area contributed by atoms with Gasteiger partial charge >= 0.3 is 0 Å². The fourth-order valence-electron chi connectivity index (χ4n) is 2.55. The number of benzene rings is 2. The number of thioether (sulfide) groups is 1. The summed E-state index contributed by atoms with van der Waals surface area (Å²) in [5.41, 5.74) is 8.24. The molecule has 2 N–H and O–H groups in total. The molecule has 0 aromatic heterocycles. The third kappa shape index (κ3) is 4.11. The van der Waals surface area contributed by atoms with E-state index in [-0.39, 0.29) is 23.4 Å². The van der Waals surface area contributed by atoms with Gasteiger partial charge in [0, 0.05) is 10.9 Å². The zero-order valence-corrected chi connectivity index (χ0v) is 15.9. The first-order chi connectivity index (χ1) is 11.9. The molecule has 0 spiro atoms. The van der Waals surface area contributed by atoms with Crippen LogP contribution in [0.15, 0.2) is 58.0 Å². The number of aryl methyl sites for hydroxylation is 1. The molecule has 1 aliphatic heterocycles. The molecule has 1 heterocycles. The summed E-state index contributed by atoms with van der Waals surface area (Å²) in [4.78, 5) is 30.4. The van der Waals surface area contributed by atoms with Gasteiger partial charge in [0.05, 0.1) is 11.4 Å². The van der Waals surface area contributed by atoms with Crippen LogP contribution in [0.3, 0.4) is 0 Å². The molecule has 1 atom stereocenters. The Morgan fingerprint density at radius 1 is 1.24 bits per heavy atom. The quantitative estimate of drug-likeness (QED) is 0.468. The number of anilines is 1. The van der Waals surface area contributed by atoms with Gasteiger partial charge in [-0.3, -0.25) is 9.59 Å². The normalized spacial score (nSPS) is 18.1. The zero-order valence-electron chi connectivity index (χ0n) is 13.5. The maximum Gasteiger partial charge on any atom is 0.247 e. The molecule has 3 rings (SSSR count). The first-order valence-corrected chi connectivity index (χ1v) is 9.31. The van der Waals surface area contributed by atoms with Crippen LogP contribution in [0.1, 0.15) is 12.0 Å². The van der Waals surface area contributed by atoms with E-state index in [9.17, 15) is 9.59 Å². The third-order valence-corrected chi connectivity index (χ3v) is 5.21. The fraction of sp³-hybridized carbons (Fsp3) is 0.167. The minimum Gasteiger partial charge on any atom is -0.378 e. The van der Waals surface area contributed by atoms with Gasteiger partial charge in [0.1, 0.15) is 5.25 Å². The summed E-state index contributed by atoms with van der Waals surface area (Å²) in [6.07, 6.45) is 0.119. The van der Waals surface area contributed by atoms with E-state index in [4.69, 9.17) is 5.73 Å². The lowest BCUT2D eigenvalue weighted by molar-refractivity contribution is -0.121. The number of imide groups is 1. The summed E-state index contributed by atoms with van der Waals surface area (Å²) in [5.74, 6) is -0.473. The highest BCUT2D eigenvalue weighted by Crippen LogP contribution is 2.30. The first kappa shape index (κ1) is 17.7. The van der Waals surface area contributed by atoms with E-state index in [1.807, 2.05) is 49.4 Å². The van der Waals surface area contributed by atoms with Crippen molar-refractivity contribution >= 4 is 56.0 Å². The van der Waals surface area contributed by atoms with Crippen LogP contribution in [-0.2, 0) is 9.59 Å². The number of rotatable bonds is 3. The summed E-state index contributed by atoms with van der Waals surface area (Å²) >= 11 is 4.48. The number of carbonyl (C=O) groups excluding carboxylic acids is 2. The molecule has 7 heteroatoms. The number of nitrogens with zero attached hydrogens (tertiary/aromatic N) is 2. The Bertz CT molecular complexity index is 852. The van der Waals surface area contributed by atoms with Gasteiger partial charge in [0.25, 0.3) is 0 Å². The average molecular weight is 418 g/mol. The Morgan fingerprint density at radius 3 is 2.64 bits per heavy atom. The van der Waals surface area contributed by atoms with E-state index >= 15 is 0 Å². The van der Waals surface area contributed by atoms with E-state index in [0.29, 0.717) is 11.4 Å². The number of amides is 2. The molecular formula is C18H16BrN3O2S. The Kier molecular flexibility index (Phi) is 5.24. The van der Waals surface area contributed by atoms with Gasteiger partial charge in [-0.05, 0) is 48.9 Å². The largest absolute Gasteiger partial charge is 0.378 e. The molecule has 2 aromatic rings. The van der Waals surface area contributed by atoms with Crippen LogP contribution in [0, 0.1) is 6.92 Å². The zero-order chi connectivity index (χ0) is 18.0. The summed E-state index contributed by atoms with van der Waals surface area (Å²) in [7, 11) is 0. The van der Waals surface area contributed by atoms with Crippen LogP contribution < -0.4 is 10.6 Å². The lowest BCUT2D eigenvalue weighted by atomic mass is 10.2. The third-order valence-electron chi connectivity index (χ3n) is 3.69. The number of aliphatic imine (C=N–C) groups is 1. The summed E-state index contributed by atoms with van der Waals surface area (Å²) in [6.45, 7) is 1.92. The average Bonchev–Trinajstić information content (AvgIpc) is 2.83. The molecule has 1 fully saturated rings. The molecule has 25 heavy (non-hydrogen) atoms. The van der Waals surface area contributed by atoms with E-state index in [1.54, 1.807) is 6.07 Å². The molecule has 0 unspecified atom stereocenters. The van der Waals surface area contributed by atoms with Crippen molar-refractivity contribution in [3.63, 3.8) is 0 Å². The highest BCUT2D eigenvalue weighted by atomic mass is 79.9. The van der Waals surface area contributed by atoms with Crippen LogP contribution in [0.4, 0.5) is 11.4 Å². The first-order valence-electron chi connectivity index (χ1n) is 7.64. The Balaban J connectivity index is 1.75. The van der Waals surface area contributed by atoms with Crippen LogP contribution in [0.2, 0.25) is 0 Å². The van der Waals surface area contributed by atoms with Gasteiger partial charge in [-0.15, -0.1) is 0 Å². The van der Waals surface area contributed by atoms with E-state index < -0.39 is 5.25 Å². The highest BCUT2D eigenvalue weighted by molar-refractivity contribution is 9.10. The standard InChI is InChI=1S/C18H16BrN3O2S/c1-11-3-2-4-14(9-11)22-16(23)10-15(17(22)24)25-18(20)21-13-7-5-12(19)6-8-13/h2-9,15H,10H2,1H3,(H2,20,21)/t15-/m1/s1. The second-order valence-electron chi connectivity index (χ2n) is 5.64. The smallest absolute Gasteiger partial charge is 0.247 e. The highest BCUT2D eigenvalue weighted by Gasteiger charge is 2.40. The van der Waals surface area contributed by atoms with Crippen molar-refractivity contribution in [1.29, 1.82) is 0 Å². The van der Waals surface area contributed by atoms with Gasteiger partial charge in [0.15, 0.2) is 5.17 Å². The van der Waals surface area contributed by atoms with Crippen LogP contribution >= 0.6 is 27.7 Å². The van der Waals surface area contributed by atoms with Gasteiger partial charge in [0.2, 0.25) is 11.8 Å². The molecule has 0 bridgehead atoms. The Hall–Kier alpha value is -2.12. The molecule has 0 aliphatic carbocycles. The second-order valence-corrected chi connectivity index (χ2v) is 7.78. The van der Waals surface area contributed by atoms with Crippen molar-refractivity contribution in [3.8, 4) is 0 Å². The Labute approximate surface area is 158 Å². The van der Waals surface area contributed by atoms with E-state index in [0.717, 1.165) is 21.8 Å². The minimum atomic E-state index is -0.549. The molecule has 5 nitrogen and oxygen atoms in total. The van der Waals surface area contributed by atoms with Gasteiger partial charge in [-0.1, -0.05) is 39.8 Å². The van der Waals surface area contributed by atoms with Gasteiger partial charge in [-0.25, -0.2) is 9.89 Å². The van der Waals surface area contributed by atoms with Crippen LogP contribution in [-0.4, -0.2) is 22.2 Å². The second kappa shape index (κ2) is 7.41. The minimum absolute atomic E-state index is 0.119. The number of nitrogens with two attached hydrogens (primary N) is 1. The van der Waals surface area contributed by atoms with Crippen molar-refractivity contribution in [2.45, 2.75) is 18.6 Å². The lowest BCUT2D eigenvalue weighted by Gasteiger charge is -2.15. The Morgan fingerprint density at radius 2 is 1.96 bits per heavy atom. The lowest BCUT2D eigenvalue weighted by Crippen LogP contribution is -2.31. The number of hydrogen-bond acceptors (Lipinski definition) is 4. The van der Waals surface area contributed by atoms with Gasteiger partial charge < -0.3 is 5.73 Å². The van der Waals surface area contributed by atoms with Crippen LogP contribution in [0.5, 0.6) is 0 Å². The van der Waals surface area contributed by atoms with E-state index in [2.05, 4.69) is 20.9 Å². The predicted molar refractivity (Wildman–Crippen MR) is 105 cm³/mol. The summed E-state index contributed by atoms with van der Waals surface area (Å²) in [6, 6.07) is 14.7. The SMILES string of the molecule is Cc1cccc(N2C(=O)C[C@@H](SC(N)=Nc3ccc(Br)cc3)C2=O)c1. The molecular weight excluding hydrogens is 402 g/mol. The number of amidine groups is 1. The van der Waals surface area contributed by atoms with Crippen molar-refractivity contribution in [1.82, 2.24) is 0 Å². The van der Waals surface area contributed by atoms with E-state index in [1.165, 1.54) is 4.90 Å². The molecule has 0 radical (unpaired) electrons. The molecule has 1 saturated heterocycles. The van der Waals surface area contributed by atoms with Gasteiger partial charge in [-0.2, -0.15) is 0 Å². The van der Waals surface area contributed by atoms with Crippen molar-refractivity contribution in [3.05, 3.63) is 58.6 Å². The molecule has 128 valence electrons. The number of hydrogen-bond donors (Lipinski definition) is 1. The summed E-state index contributed by atoms with van der Waals surface area (Å²) < 4.78 is 0.947. The monoisotopic (exact) mass is 417 g/mol. The molecule has 1 aliphatic rings. The molecule has 2 aromatic carbocycles. The fourth-order valence-corrected chi connectivity index (χ4v) is 3.70. The van der Waals surface area contributed by atoms with Crippen molar-refractivity contribution in [2.75, 3.05) is 4.90 Å². The van der Waals surface area contributed by atoms with Crippen molar-refractivity contribution < 1.29 is 9.59 Å². The topological polar surface area (TPSA) is 75.8 Å². The maximum atomic E-state index is 12.6. The maximum absolute atomic E-state index is 12.6. The molecule has 2 amide bonds. The predicted octanol–water partition coefficient (Wildman–Crippen LogP) is 3.77. The number of halogens is 1. The number of carbonyl (C=O) groups is 2. The molecule has 0 saturated carbocycles. The van der Waals surface area contributed by atoms with Crippen LogP contribution in [0.25, 0.3) is 0 Å². The van der Waals surface area contributed by atoms with Crippen molar-refractivity contribution in [2.24, 2.45) is 10.7 Å².